The van der Waals surface area contributed by atoms with Gasteiger partial charge in [-0.05, 0) is 29.8 Å². The molecule has 4 nitrogen and oxygen atoms in total. The predicted molar refractivity (Wildman–Crippen MR) is 111 cm³/mol. The number of nitrogens with zero attached hydrogens (tertiary/aromatic N) is 3. The van der Waals surface area contributed by atoms with Gasteiger partial charge in [0.15, 0.2) is 0 Å². The molecule has 2 heterocycles. The van der Waals surface area contributed by atoms with E-state index in [0.29, 0.717) is 11.6 Å². The van der Waals surface area contributed by atoms with Crippen LogP contribution in [0.15, 0.2) is 59.2 Å². The number of rotatable bonds is 4. The zero-order valence-corrected chi connectivity index (χ0v) is 16.9. The van der Waals surface area contributed by atoms with E-state index in [9.17, 15) is 4.39 Å². The first-order valence-electron chi connectivity index (χ1n) is 8.50. The van der Waals surface area contributed by atoms with Crippen LogP contribution in [0.1, 0.15) is 16.8 Å². The van der Waals surface area contributed by atoms with Gasteiger partial charge in [0, 0.05) is 42.3 Å². The van der Waals surface area contributed by atoms with Crippen molar-refractivity contribution in [1.82, 2.24) is 14.9 Å². The normalized spacial score (nSPS) is 13.6. The molecule has 27 heavy (non-hydrogen) atoms. The van der Waals surface area contributed by atoms with E-state index in [2.05, 4.69) is 54.3 Å². The molecule has 1 aliphatic heterocycles. The largest absolute Gasteiger partial charge is 0.322 e. The zero-order chi connectivity index (χ0) is 17.9. The van der Waals surface area contributed by atoms with Gasteiger partial charge >= 0.3 is 0 Å². The Morgan fingerprint density at radius 2 is 2.00 bits per heavy atom. The van der Waals surface area contributed by atoms with Crippen LogP contribution in [-0.2, 0) is 19.5 Å². The van der Waals surface area contributed by atoms with Crippen LogP contribution in [0.5, 0.6) is 0 Å². The fourth-order valence-corrected chi connectivity index (χ4v) is 3.59. The highest BCUT2D eigenvalue weighted by Gasteiger charge is 2.19. The van der Waals surface area contributed by atoms with Crippen molar-refractivity contribution in [2.75, 3.05) is 11.9 Å². The minimum absolute atomic E-state index is 0. The van der Waals surface area contributed by atoms with Crippen molar-refractivity contribution in [3.8, 4) is 0 Å². The van der Waals surface area contributed by atoms with E-state index < -0.39 is 0 Å². The lowest BCUT2D eigenvalue weighted by Gasteiger charge is -2.28. The van der Waals surface area contributed by atoms with Crippen molar-refractivity contribution in [1.29, 1.82) is 0 Å². The number of aromatic nitrogens is 2. The van der Waals surface area contributed by atoms with Crippen molar-refractivity contribution in [2.24, 2.45) is 0 Å². The van der Waals surface area contributed by atoms with Crippen LogP contribution in [0.2, 0.25) is 0 Å². The third kappa shape index (κ3) is 4.83. The summed E-state index contributed by atoms with van der Waals surface area (Å²) in [5.41, 5.74) is 3.83. The van der Waals surface area contributed by atoms with Gasteiger partial charge in [0.25, 0.3) is 0 Å². The summed E-state index contributed by atoms with van der Waals surface area (Å²) < 4.78 is 14.9. The average Bonchev–Trinajstić information content (AvgIpc) is 2.64. The highest BCUT2D eigenvalue weighted by Crippen LogP contribution is 2.22. The standard InChI is InChI=1S/C20H18BrFN4.ClH/c21-16-5-3-4-14(10-16)12-26-9-8-18-15(13-26)11-23-20(24-18)25-19-7-2-1-6-17(19)22;/h1-7,10-11H,8-9,12-13H2,(H,23,24,25);1H. The first-order chi connectivity index (χ1) is 12.7. The van der Waals surface area contributed by atoms with Gasteiger partial charge in [0.1, 0.15) is 5.82 Å². The molecule has 1 N–H and O–H groups in total. The topological polar surface area (TPSA) is 41.1 Å². The first kappa shape index (κ1) is 19.7. The van der Waals surface area contributed by atoms with Crippen LogP contribution in [-0.4, -0.2) is 21.4 Å². The summed E-state index contributed by atoms with van der Waals surface area (Å²) >= 11 is 3.52. The highest BCUT2D eigenvalue weighted by molar-refractivity contribution is 9.10. The number of halogens is 3. The summed E-state index contributed by atoms with van der Waals surface area (Å²) in [4.78, 5) is 11.3. The maximum atomic E-state index is 13.8. The Hall–Kier alpha value is -2.02. The molecule has 4 rings (SSSR count). The van der Waals surface area contributed by atoms with Gasteiger partial charge in [-0.15, -0.1) is 12.4 Å². The van der Waals surface area contributed by atoms with E-state index in [0.717, 1.165) is 41.8 Å². The molecule has 1 aromatic heterocycles. The maximum absolute atomic E-state index is 13.8. The lowest BCUT2D eigenvalue weighted by Crippen LogP contribution is -2.31. The predicted octanol–water partition coefficient (Wildman–Crippen LogP) is 5.10. The molecule has 0 unspecified atom stereocenters. The minimum atomic E-state index is -0.311. The lowest BCUT2D eigenvalue weighted by atomic mass is 10.1. The number of anilines is 2. The number of fused-ring (bicyclic) bond motifs is 1. The van der Waals surface area contributed by atoms with Crippen molar-refractivity contribution in [2.45, 2.75) is 19.5 Å². The minimum Gasteiger partial charge on any atom is -0.322 e. The number of para-hydroxylation sites is 1. The molecule has 0 saturated carbocycles. The van der Waals surface area contributed by atoms with Crippen LogP contribution < -0.4 is 5.32 Å². The molecular formula is C20H19BrClFN4. The molecule has 0 atom stereocenters. The van der Waals surface area contributed by atoms with Crippen molar-refractivity contribution in [3.05, 3.63) is 81.8 Å². The van der Waals surface area contributed by atoms with Crippen molar-refractivity contribution >= 4 is 40.0 Å². The average molecular weight is 450 g/mol. The first-order valence-corrected chi connectivity index (χ1v) is 9.30. The summed E-state index contributed by atoms with van der Waals surface area (Å²) in [5.74, 6) is 0.128. The third-order valence-corrected chi connectivity index (χ3v) is 4.92. The SMILES string of the molecule is Cl.Fc1ccccc1Nc1ncc2c(n1)CCN(Cc1cccc(Br)c1)C2. The summed E-state index contributed by atoms with van der Waals surface area (Å²) in [6.45, 7) is 2.66. The van der Waals surface area contributed by atoms with E-state index in [1.165, 1.54) is 11.6 Å². The number of hydrogen-bond donors (Lipinski definition) is 1. The van der Waals surface area contributed by atoms with Crippen LogP contribution in [0.25, 0.3) is 0 Å². The number of nitrogens with one attached hydrogen (secondary N) is 1. The van der Waals surface area contributed by atoms with Gasteiger partial charge in [-0.3, -0.25) is 4.90 Å². The third-order valence-electron chi connectivity index (χ3n) is 4.43. The molecule has 0 aliphatic carbocycles. The molecule has 2 aromatic carbocycles. The smallest absolute Gasteiger partial charge is 0.227 e. The quantitative estimate of drug-likeness (QED) is 0.601. The Morgan fingerprint density at radius 3 is 2.81 bits per heavy atom. The fourth-order valence-electron chi connectivity index (χ4n) is 3.15. The second-order valence-electron chi connectivity index (χ2n) is 6.36. The van der Waals surface area contributed by atoms with Crippen molar-refractivity contribution in [3.63, 3.8) is 0 Å². The molecule has 0 spiro atoms. The molecule has 3 aromatic rings. The van der Waals surface area contributed by atoms with E-state index in [4.69, 9.17) is 0 Å². The van der Waals surface area contributed by atoms with Gasteiger partial charge < -0.3 is 5.32 Å². The zero-order valence-electron chi connectivity index (χ0n) is 14.5. The molecule has 140 valence electrons. The molecular weight excluding hydrogens is 431 g/mol. The Balaban J connectivity index is 0.00000210. The summed E-state index contributed by atoms with van der Waals surface area (Å²) in [6, 6.07) is 14.9. The van der Waals surface area contributed by atoms with Gasteiger partial charge in [0.2, 0.25) is 5.95 Å². The van der Waals surface area contributed by atoms with Gasteiger partial charge in [0.05, 0.1) is 11.4 Å². The number of benzene rings is 2. The molecule has 0 radical (unpaired) electrons. The molecule has 0 saturated heterocycles. The summed E-state index contributed by atoms with van der Waals surface area (Å²) in [5, 5.41) is 2.96. The van der Waals surface area contributed by atoms with Gasteiger partial charge in [-0.1, -0.05) is 40.2 Å². The fraction of sp³-hybridized carbons (Fsp3) is 0.200. The van der Waals surface area contributed by atoms with E-state index >= 15 is 0 Å². The molecule has 0 bridgehead atoms. The summed E-state index contributed by atoms with van der Waals surface area (Å²) in [7, 11) is 0. The van der Waals surface area contributed by atoms with Gasteiger partial charge in [-0.2, -0.15) is 0 Å². The maximum Gasteiger partial charge on any atom is 0.227 e. The second-order valence-corrected chi connectivity index (χ2v) is 7.28. The summed E-state index contributed by atoms with van der Waals surface area (Å²) in [6.07, 6.45) is 2.70. The van der Waals surface area contributed by atoms with Crippen molar-refractivity contribution < 1.29 is 4.39 Å². The van der Waals surface area contributed by atoms with E-state index in [1.54, 1.807) is 18.2 Å². The van der Waals surface area contributed by atoms with Gasteiger partial charge in [-0.25, -0.2) is 14.4 Å². The van der Waals surface area contributed by atoms with Crippen LogP contribution in [0.3, 0.4) is 0 Å². The number of hydrogen-bond acceptors (Lipinski definition) is 4. The molecule has 1 aliphatic rings. The van der Waals surface area contributed by atoms with E-state index in [1.807, 2.05) is 12.3 Å². The Bertz CT molecular complexity index is 937. The Morgan fingerprint density at radius 1 is 1.15 bits per heavy atom. The Labute approximate surface area is 172 Å². The second kappa shape index (κ2) is 8.78. The van der Waals surface area contributed by atoms with Crippen LogP contribution in [0.4, 0.5) is 16.0 Å². The monoisotopic (exact) mass is 448 g/mol. The Kier molecular flexibility index (Phi) is 6.42. The molecule has 0 amide bonds. The molecule has 0 fully saturated rings. The van der Waals surface area contributed by atoms with Crippen LogP contribution in [0, 0.1) is 5.82 Å². The highest BCUT2D eigenvalue weighted by atomic mass is 79.9. The molecule has 7 heteroatoms. The van der Waals surface area contributed by atoms with E-state index in [-0.39, 0.29) is 18.2 Å². The lowest BCUT2D eigenvalue weighted by molar-refractivity contribution is 0.243. The van der Waals surface area contributed by atoms with Crippen LogP contribution >= 0.6 is 28.3 Å².